The molecule has 4 aromatic carbocycles. The van der Waals surface area contributed by atoms with Gasteiger partial charge in [0.15, 0.2) is 0 Å². The van der Waals surface area contributed by atoms with Gasteiger partial charge >= 0.3 is 0 Å². The Kier molecular flexibility index (Phi) is 4.03. The number of nitrogens with one attached hydrogen (secondary N) is 1. The van der Waals surface area contributed by atoms with Crippen LogP contribution in [0.2, 0.25) is 5.02 Å². The van der Waals surface area contributed by atoms with Gasteiger partial charge in [-0.15, -0.1) is 0 Å². The van der Waals surface area contributed by atoms with Crippen LogP contribution in [0.5, 0.6) is 0 Å². The van der Waals surface area contributed by atoms with Crippen LogP contribution in [0.25, 0.3) is 10.8 Å². The van der Waals surface area contributed by atoms with Crippen LogP contribution in [0.1, 0.15) is 22.1 Å². The van der Waals surface area contributed by atoms with Gasteiger partial charge in [0.25, 0.3) is 5.91 Å². The summed E-state index contributed by atoms with van der Waals surface area (Å²) in [5, 5.41) is 6.35. The van der Waals surface area contributed by atoms with E-state index in [1.807, 2.05) is 77.7 Å². The average Bonchev–Trinajstić information content (AvgIpc) is 2.74. The van der Waals surface area contributed by atoms with Crippen molar-refractivity contribution in [2.45, 2.75) is 6.17 Å². The fourth-order valence-electron chi connectivity index (χ4n) is 3.80. The number of fused-ring (bicyclic) bond motifs is 2. The first-order valence-electron chi connectivity index (χ1n) is 9.15. The number of para-hydroxylation sites is 1. The van der Waals surface area contributed by atoms with Gasteiger partial charge in [-0.2, -0.15) is 0 Å². The monoisotopic (exact) mass is 384 g/mol. The molecule has 0 saturated carbocycles. The molecule has 0 aromatic heterocycles. The molecule has 1 aliphatic rings. The lowest BCUT2D eigenvalue weighted by molar-refractivity contribution is 0.0975. The van der Waals surface area contributed by atoms with Gasteiger partial charge in [-0.3, -0.25) is 9.69 Å². The Labute approximate surface area is 168 Å². The lowest BCUT2D eigenvalue weighted by Crippen LogP contribution is -2.43. The molecule has 1 aliphatic heterocycles. The summed E-state index contributed by atoms with van der Waals surface area (Å²) in [6.45, 7) is 0. The van der Waals surface area contributed by atoms with Crippen molar-refractivity contribution in [2.24, 2.45) is 0 Å². The molecule has 136 valence electrons. The molecule has 1 heterocycles. The quantitative estimate of drug-likeness (QED) is 0.442. The van der Waals surface area contributed by atoms with Crippen molar-refractivity contribution in [3.63, 3.8) is 0 Å². The second-order valence-electron chi connectivity index (χ2n) is 6.82. The Bertz CT molecular complexity index is 1180. The number of benzene rings is 4. The van der Waals surface area contributed by atoms with Gasteiger partial charge in [0.1, 0.15) is 6.17 Å². The maximum atomic E-state index is 13.6. The SMILES string of the molecule is O=C1c2ccccc2NC(c2ccc(Cl)cc2)N1c1cccc2ccccc12. The molecule has 3 nitrogen and oxygen atoms in total. The number of nitrogens with zero attached hydrogens (tertiary/aromatic N) is 1. The van der Waals surface area contributed by atoms with Crippen LogP contribution in [-0.4, -0.2) is 5.91 Å². The van der Waals surface area contributed by atoms with Crippen LogP contribution in [0.15, 0.2) is 91.0 Å². The first-order chi connectivity index (χ1) is 13.7. The highest BCUT2D eigenvalue weighted by atomic mass is 35.5. The van der Waals surface area contributed by atoms with E-state index in [-0.39, 0.29) is 12.1 Å². The Hall–Kier alpha value is -3.30. The van der Waals surface area contributed by atoms with E-state index in [2.05, 4.69) is 23.5 Å². The van der Waals surface area contributed by atoms with Crippen LogP contribution in [0.4, 0.5) is 11.4 Å². The third-order valence-corrected chi connectivity index (χ3v) is 5.39. The molecular formula is C24H17ClN2O. The number of hydrogen-bond donors (Lipinski definition) is 1. The molecule has 1 N–H and O–H groups in total. The summed E-state index contributed by atoms with van der Waals surface area (Å²) in [6, 6.07) is 29.4. The maximum Gasteiger partial charge on any atom is 0.262 e. The van der Waals surface area contributed by atoms with Gasteiger partial charge in [0.05, 0.1) is 11.3 Å². The minimum atomic E-state index is -0.328. The number of halogens is 1. The largest absolute Gasteiger partial charge is 0.360 e. The van der Waals surface area contributed by atoms with E-state index in [0.29, 0.717) is 10.6 Å². The highest BCUT2D eigenvalue weighted by Gasteiger charge is 2.34. The molecular weight excluding hydrogens is 368 g/mol. The predicted molar refractivity (Wildman–Crippen MR) is 115 cm³/mol. The summed E-state index contributed by atoms with van der Waals surface area (Å²) < 4.78 is 0. The molecule has 4 heteroatoms. The number of carbonyl (C=O) groups excluding carboxylic acids is 1. The van der Waals surface area contributed by atoms with Crippen molar-refractivity contribution in [1.29, 1.82) is 0 Å². The Morgan fingerprint density at radius 3 is 2.36 bits per heavy atom. The Balaban J connectivity index is 1.74. The molecule has 28 heavy (non-hydrogen) atoms. The molecule has 0 bridgehead atoms. The lowest BCUT2D eigenvalue weighted by atomic mass is 10.0. The van der Waals surface area contributed by atoms with Crippen molar-refractivity contribution < 1.29 is 4.79 Å². The number of rotatable bonds is 2. The summed E-state index contributed by atoms with van der Waals surface area (Å²) in [7, 11) is 0. The normalized spacial score (nSPS) is 16.0. The number of amides is 1. The van der Waals surface area contributed by atoms with E-state index in [0.717, 1.165) is 27.7 Å². The van der Waals surface area contributed by atoms with E-state index in [4.69, 9.17) is 11.6 Å². The van der Waals surface area contributed by atoms with Crippen molar-refractivity contribution in [1.82, 2.24) is 0 Å². The first kappa shape index (κ1) is 16.8. The van der Waals surface area contributed by atoms with E-state index >= 15 is 0 Å². The summed E-state index contributed by atoms with van der Waals surface area (Å²) in [6.07, 6.45) is -0.328. The summed E-state index contributed by atoms with van der Waals surface area (Å²) in [5.41, 5.74) is 3.36. The second kappa shape index (κ2) is 6.70. The molecule has 5 rings (SSSR count). The van der Waals surface area contributed by atoms with Gasteiger partial charge in [0, 0.05) is 16.1 Å². The molecule has 0 radical (unpaired) electrons. The molecule has 1 amide bonds. The molecule has 0 aliphatic carbocycles. The molecule has 1 atom stereocenters. The van der Waals surface area contributed by atoms with Crippen LogP contribution in [0.3, 0.4) is 0 Å². The van der Waals surface area contributed by atoms with Gasteiger partial charge in [-0.25, -0.2) is 0 Å². The molecule has 0 spiro atoms. The fraction of sp³-hybridized carbons (Fsp3) is 0.0417. The summed E-state index contributed by atoms with van der Waals surface area (Å²) in [5.74, 6) is -0.0225. The molecule has 0 fully saturated rings. The summed E-state index contributed by atoms with van der Waals surface area (Å²) >= 11 is 6.09. The standard InChI is InChI=1S/C24H17ClN2O/c25-18-14-12-17(13-15-18)23-26-21-10-4-3-9-20(21)24(28)27(23)22-11-5-7-16-6-1-2-8-19(16)22/h1-15,23,26H. The zero-order valence-corrected chi connectivity index (χ0v) is 15.7. The van der Waals surface area contributed by atoms with Crippen LogP contribution in [0, 0.1) is 0 Å². The summed E-state index contributed by atoms with van der Waals surface area (Å²) in [4.78, 5) is 15.4. The number of anilines is 2. The number of carbonyl (C=O) groups is 1. The predicted octanol–water partition coefficient (Wildman–Crippen LogP) is 6.26. The van der Waals surface area contributed by atoms with Crippen molar-refractivity contribution in [3.05, 3.63) is 107 Å². The van der Waals surface area contributed by atoms with Crippen molar-refractivity contribution in [2.75, 3.05) is 10.2 Å². The average molecular weight is 385 g/mol. The minimum Gasteiger partial charge on any atom is -0.360 e. The minimum absolute atomic E-state index is 0.0225. The number of hydrogen-bond acceptors (Lipinski definition) is 2. The zero-order valence-electron chi connectivity index (χ0n) is 15.0. The van der Waals surface area contributed by atoms with Gasteiger partial charge in [0.2, 0.25) is 0 Å². The van der Waals surface area contributed by atoms with Crippen molar-refractivity contribution in [3.8, 4) is 0 Å². The van der Waals surface area contributed by atoms with Crippen LogP contribution in [-0.2, 0) is 0 Å². The van der Waals surface area contributed by atoms with Gasteiger partial charge < -0.3 is 5.32 Å². The Morgan fingerprint density at radius 1 is 0.786 bits per heavy atom. The topological polar surface area (TPSA) is 32.3 Å². The van der Waals surface area contributed by atoms with E-state index in [1.54, 1.807) is 0 Å². The van der Waals surface area contributed by atoms with Gasteiger partial charge in [-0.1, -0.05) is 72.3 Å². The third kappa shape index (κ3) is 2.72. The first-order valence-corrected chi connectivity index (χ1v) is 9.52. The molecule has 1 unspecified atom stereocenters. The van der Waals surface area contributed by atoms with E-state index < -0.39 is 0 Å². The van der Waals surface area contributed by atoms with Crippen LogP contribution >= 0.6 is 11.6 Å². The van der Waals surface area contributed by atoms with E-state index in [9.17, 15) is 4.79 Å². The van der Waals surface area contributed by atoms with Crippen LogP contribution < -0.4 is 10.2 Å². The van der Waals surface area contributed by atoms with E-state index in [1.165, 1.54) is 0 Å². The highest BCUT2D eigenvalue weighted by Crippen LogP contribution is 2.39. The zero-order chi connectivity index (χ0) is 19.1. The highest BCUT2D eigenvalue weighted by molar-refractivity contribution is 6.30. The maximum absolute atomic E-state index is 13.6. The third-order valence-electron chi connectivity index (χ3n) is 5.14. The molecule has 0 saturated heterocycles. The lowest BCUT2D eigenvalue weighted by Gasteiger charge is -2.38. The van der Waals surface area contributed by atoms with Crippen molar-refractivity contribution >= 4 is 39.7 Å². The fourth-order valence-corrected chi connectivity index (χ4v) is 3.92. The van der Waals surface area contributed by atoms with Gasteiger partial charge in [-0.05, 0) is 41.3 Å². The second-order valence-corrected chi connectivity index (χ2v) is 7.25. The molecule has 4 aromatic rings. The smallest absolute Gasteiger partial charge is 0.262 e. The Morgan fingerprint density at radius 2 is 1.50 bits per heavy atom.